The van der Waals surface area contributed by atoms with Gasteiger partial charge in [-0.3, -0.25) is 9.59 Å². The van der Waals surface area contributed by atoms with Crippen LogP contribution >= 0.6 is 0 Å². The van der Waals surface area contributed by atoms with E-state index < -0.39 is 6.04 Å². The van der Waals surface area contributed by atoms with Crippen LogP contribution in [0.1, 0.15) is 12.8 Å². The van der Waals surface area contributed by atoms with Gasteiger partial charge in [0.15, 0.2) is 0 Å². The highest BCUT2D eigenvalue weighted by molar-refractivity contribution is 6.39. The van der Waals surface area contributed by atoms with Crippen molar-refractivity contribution in [2.24, 2.45) is 5.10 Å². The maximum absolute atomic E-state index is 12.1. The first-order valence-electron chi connectivity index (χ1n) is 5.49. The van der Waals surface area contributed by atoms with Gasteiger partial charge in [-0.15, -0.1) is 0 Å². The van der Waals surface area contributed by atoms with Gasteiger partial charge < -0.3 is 10.2 Å². The Labute approximate surface area is 98.5 Å². The van der Waals surface area contributed by atoms with Crippen LogP contribution in [0.2, 0.25) is 0 Å². The van der Waals surface area contributed by atoms with Crippen LogP contribution in [0.4, 0.5) is 0 Å². The van der Waals surface area contributed by atoms with Gasteiger partial charge >= 0.3 is 0 Å². The van der Waals surface area contributed by atoms with Gasteiger partial charge in [-0.25, -0.2) is 5.43 Å². The van der Waals surface area contributed by atoms with E-state index in [9.17, 15) is 9.59 Å². The fraction of sp³-hybridized carbons (Fsp3) is 0.600. The molecule has 2 heterocycles. The fourth-order valence-electron chi connectivity index (χ4n) is 1.86. The summed E-state index contributed by atoms with van der Waals surface area (Å²) in [5.41, 5.74) is 2.61. The van der Waals surface area contributed by atoms with Gasteiger partial charge in [-0.1, -0.05) is 0 Å². The number of hydrogen-bond acceptors (Lipinski definition) is 5. The second-order valence-electron chi connectivity index (χ2n) is 3.94. The predicted molar refractivity (Wildman–Crippen MR) is 58.8 cm³/mol. The lowest BCUT2D eigenvalue weighted by Gasteiger charge is -2.32. The zero-order chi connectivity index (χ0) is 12.3. The van der Waals surface area contributed by atoms with Crippen molar-refractivity contribution >= 4 is 17.5 Å². The van der Waals surface area contributed by atoms with E-state index in [2.05, 4.69) is 21.9 Å². The fourth-order valence-corrected chi connectivity index (χ4v) is 1.86. The zero-order valence-corrected chi connectivity index (χ0v) is 9.27. The number of amides is 2. The zero-order valence-electron chi connectivity index (χ0n) is 9.27. The Morgan fingerprint density at radius 3 is 3.00 bits per heavy atom. The Balaban J connectivity index is 2.08. The molecule has 2 amide bonds. The summed E-state index contributed by atoms with van der Waals surface area (Å²) in [6.45, 7) is 1.63. The second kappa shape index (κ2) is 4.93. The van der Waals surface area contributed by atoms with Gasteiger partial charge in [0.1, 0.15) is 11.8 Å². The summed E-state index contributed by atoms with van der Waals surface area (Å²) >= 11 is 0. The van der Waals surface area contributed by atoms with E-state index in [0.29, 0.717) is 31.8 Å². The van der Waals surface area contributed by atoms with Crippen LogP contribution in [0.15, 0.2) is 5.10 Å². The van der Waals surface area contributed by atoms with E-state index >= 15 is 0 Å². The summed E-state index contributed by atoms with van der Waals surface area (Å²) in [6.07, 6.45) is 0.612. The monoisotopic (exact) mass is 235 g/mol. The van der Waals surface area contributed by atoms with Crippen LogP contribution in [0, 0.1) is 11.3 Å². The summed E-state index contributed by atoms with van der Waals surface area (Å²) < 4.78 is 0. The largest absolute Gasteiger partial charge is 0.319 e. The molecule has 7 heteroatoms. The number of carbonyl (C=O) groups is 2. The predicted octanol–water partition coefficient (Wildman–Crippen LogP) is -1.42. The van der Waals surface area contributed by atoms with Crippen molar-refractivity contribution < 1.29 is 9.59 Å². The first-order chi connectivity index (χ1) is 8.22. The topological polar surface area (TPSA) is 97.6 Å². The lowest BCUT2D eigenvalue weighted by molar-refractivity contribution is -0.126. The maximum atomic E-state index is 12.1. The summed E-state index contributed by atoms with van der Waals surface area (Å²) in [5, 5.41) is 15.8. The molecule has 1 saturated heterocycles. The molecule has 2 rings (SSSR count). The van der Waals surface area contributed by atoms with Gasteiger partial charge in [-0.05, 0) is 0 Å². The molecule has 0 radical (unpaired) electrons. The van der Waals surface area contributed by atoms with Crippen molar-refractivity contribution in [3.05, 3.63) is 0 Å². The first kappa shape index (κ1) is 11.5. The van der Waals surface area contributed by atoms with E-state index in [-0.39, 0.29) is 18.2 Å². The number of hydrazone groups is 1. The second-order valence-corrected chi connectivity index (χ2v) is 3.94. The van der Waals surface area contributed by atoms with Crippen LogP contribution < -0.4 is 10.7 Å². The molecular formula is C10H13N5O2. The number of hydrogen-bond donors (Lipinski definition) is 2. The molecule has 90 valence electrons. The molecule has 0 aromatic heterocycles. The van der Waals surface area contributed by atoms with Gasteiger partial charge in [-0.2, -0.15) is 10.4 Å². The van der Waals surface area contributed by atoms with Crippen LogP contribution in [0.25, 0.3) is 0 Å². The Morgan fingerprint density at radius 1 is 1.53 bits per heavy atom. The molecule has 1 fully saturated rings. The summed E-state index contributed by atoms with van der Waals surface area (Å²) in [6, 6.07) is 1.62. The normalized spacial score (nSPS) is 24.6. The van der Waals surface area contributed by atoms with Crippen molar-refractivity contribution in [1.29, 1.82) is 5.26 Å². The van der Waals surface area contributed by atoms with Crippen molar-refractivity contribution in [3.8, 4) is 6.07 Å². The average molecular weight is 235 g/mol. The Morgan fingerprint density at radius 2 is 2.35 bits per heavy atom. The van der Waals surface area contributed by atoms with Crippen molar-refractivity contribution in [1.82, 2.24) is 15.6 Å². The van der Waals surface area contributed by atoms with Gasteiger partial charge in [0, 0.05) is 32.5 Å². The van der Waals surface area contributed by atoms with Crippen LogP contribution in [-0.2, 0) is 9.59 Å². The summed E-state index contributed by atoms with van der Waals surface area (Å²) in [4.78, 5) is 24.5. The molecule has 2 aliphatic rings. The quantitative estimate of drug-likeness (QED) is 0.582. The molecule has 7 nitrogen and oxygen atoms in total. The van der Waals surface area contributed by atoms with E-state index in [0.717, 1.165) is 0 Å². The van der Waals surface area contributed by atoms with Gasteiger partial charge in [0.05, 0.1) is 6.07 Å². The number of carbonyl (C=O) groups excluding carboxylic acids is 2. The first-order valence-corrected chi connectivity index (χ1v) is 5.49. The smallest absolute Gasteiger partial charge is 0.271 e. The van der Waals surface area contributed by atoms with Crippen molar-refractivity contribution in [2.75, 3.05) is 19.6 Å². The highest BCUT2D eigenvalue weighted by atomic mass is 16.2. The third-order valence-electron chi connectivity index (χ3n) is 2.80. The number of nitriles is 1. The van der Waals surface area contributed by atoms with Crippen LogP contribution in [0.3, 0.4) is 0 Å². The Hall–Kier alpha value is -1.94. The molecule has 2 aliphatic heterocycles. The standard InChI is InChI=1S/C10H13N5O2/c11-5-7-6-12-3-4-15(7)10(17)8-1-2-9(16)14-13-8/h7,12H,1-4,6H2,(H,14,16). The molecule has 0 aromatic carbocycles. The molecule has 1 unspecified atom stereocenters. The SMILES string of the molecule is N#CC1CNCCN1C(=O)C1=NNC(=O)CC1. The molecule has 17 heavy (non-hydrogen) atoms. The van der Waals surface area contributed by atoms with E-state index in [4.69, 9.17) is 5.26 Å². The minimum Gasteiger partial charge on any atom is -0.319 e. The number of piperazine rings is 1. The minimum absolute atomic E-state index is 0.182. The van der Waals surface area contributed by atoms with Crippen LogP contribution in [-0.4, -0.2) is 48.1 Å². The van der Waals surface area contributed by atoms with E-state index in [1.807, 2.05) is 0 Å². The molecule has 0 aromatic rings. The number of nitrogens with zero attached hydrogens (tertiary/aromatic N) is 3. The maximum Gasteiger partial charge on any atom is 0.271 e. The highest BCUT2D eigenvalue weighted by Gasteiger charge is 2.30. The molecule has 0 aliphatic carbocycles. The molecule has 0 spiro atoms. The molecule has 2 N–H and O–H groups in total. The van der Waals surface area contributed by atoms with Crippen molar-refractivity contribution in [3.63, 3.8) is 0 Å². The molecule has 0 saturated carbocycles. The van der Waals surface area contributed by atoms with Gasteiger partial charge in [0.2, 0.25) is 5.91 Å². The molecular weight excluding hydrogens is 222 g/mol. The minimum atomic E-state index is -0.462. The summed E-state index contributed by atoms with van der Waals surface area (Å²) in [5.74, 6) is -0.434. The average Bonchev–Trinajstić information content (AvgIpc) is 2.39. The number of nitrogens with one attached hydrogen (secondary N) is 2. The molecule has 0 bridgehead atoms. The van der Waals surface area contributed by atoms with Gasteiger partial charge in [0.25, 0.3) is 5.91 Å². The number of rotatable bonds is 1. The lowest BCUT2D eigenvalue weighted by atomic mass is 10.1. The third kappa shape index (κ3) is 2.42. The van der Waals surface area contributed by atoms with Crippen molar-refractivity contribution in [2.45, 2.75) is 18.9 Å². The lowest BCUT2D eigenvalue weighted by Crippen LogP contribution is -2.55. The summed E-state index contributed by atoms with van der Waals surface area (Å²) in [7, 11) is 0. The van der Waals surface area contributed by atoms with Crippen LogP contribution in [0.5, 0.6) is 0 Å². The Kier molecular flexibility index (Phi) is 3.35. The third-order valence-corrected chi connectivity index (χ3v) is 2.80. The highest BCUT2D eigenvalue weighted by Crippen LogP contribution is 2.08. The van der Waals surface area contributed by atoms with E-state index in [1.54, 1.807) is 0 Å². The Bertz CT molecular complexity index is 411. The van der Waals surface area contributed by atoms with E-state index in [1.165, 1.54) is 4.90 Å². The molecule has 1 atom stereocenters.